The Bertz CT molecular complexity index is 337. The van der Waals surface area contributed by atoms with Crippen molar-refractivity contribution in [3.8, 4) is 0 Å². The number of amides is 1. The van der Waals surface area contributed by atoms with Crippen molar-refractivity contribution < 1.29 is 4.79 Å². The summed E-state index contributed by atoms with van der Waals surface area (Å²) < 4.78 is 0. The Labute approximate surface area is 105 Å². The minimum absolute atomic E-state index is 0.0879. The number of nitrogens with zero attached hydrogens (tertiary/aromatic N) is 2. The molecule has 1 aromatic rings. The molecule has 0 unspecified atom stereocenters. The lowest BCUT2D eigenvalue weighted by Gasteiger charge is -2.20. The molecule has 0 fully saturated rings. The number of hydrogen-bond acceptors (Lipinski definition) is 2. The molecule has 0 spiro atoms. The Balaban J connectivity index is 0.00000121. The van der Waals surface area contributed by atoms with Crippen LogP contribution in [0.5, 0.6) is 0 Å². The highest BCUT2D eigenvalue weighted by Gasteiger charge is 2.15. The van der Waals surface area contributed by atoms with Gasteiger partial charge in [-0.3, -0.25) is 9.78 Å². The van der Waals surface area contributed by atoms with E-state index >= 15 is 0 Å². The highest BCUT2D eigenvalue weighted by Crippen LogP contribution is 2.08. The van der Waals surface area contributed by atoms with Crippen molar-refractivity contribution in [3.05, 3.63) is 29.6 Å². The van der Waals surface area contributed by atoms with Crippen molar-refractivity contribution in [1.29, 1.82) is 0 Å². The summed E-state index contributed by atoms with van der Waals surface area (Å²) in [6.45, 7) is 11.5. The molecule has 0 bridgehead atoms. The molecule has 0 atom stereocenters. The van der Waals surface area contributed by atoms with Crippen LogP contribution in [0.2, 0.25) is 0 Å². The Morgan fingerprint density at radius 2 is 2.00 bits per heavy atom. The highest BCUT2D eigenvalue weighted by molar-refractivity contribution is 5.95. The lowest BCUT2D eigenvalue weighted by Crippen LogP contribution is -2.32. The van der Waals surface area contributed by atoms with Gasteiger partial charge in [-0.05, 0) is 32.4 Å². The topological polar surface area (TPSA) is 33.2 Å². The standard InChI is InChI=1S/C12H18N2O.C2H6/c1-4-9-14(5-2)12(15)11-7-6-8-13-10(11)3;1-2/h6-8H,4-5,9H2,1-3H3;1-2H3. The second kappa shape index (κ2) is 8.74. The minimum atomic E-state index is 0.0879. The van der Waals surface area contributed by atoms with Gasteiger partial charge in [0.25, 0.3) is 5.91 Å². The largest absolute Gasteiger partial charge is 0.339 e. The molecule has 0 aliphatic carbocycles. The summed E-state index contributed by atoms with van der Waals surface area (Å²) in [5, 5.41) is 0. The molecule has 1 aromatic heterocycles. The van der Waals surface area contributed by atoms with Crippen LogP contribution in [0.3, 0.4) is 0 Å². The summed E-state index contributed by atoms with van der Waals surface area (Å²) in [5.41, 5.74) is 1.52. The predicted octanol–water partition coefficient (Wildman–Crippen LogP) is 3.29. The second-order valence-electron chi connectivity index (χ2n) is 3.52. The maximum atomic E-state index is 12.1. The number of hydrogen-bond donors (Lipinski definition) is 0. The van der Waals surface area contributed by atoms with Crippen LogP contribution in [-0.2, 0) is 0 Å². The van der Waals surface area contributed by atoms with E-state index in [2.05, 4.69) is 11.9 Å². The average Bonchev–Trinajstić information content (AvgIpc) is 2.38. The molecule has 3 nitrogen and oxygen atoms in total. The number of rotatable bonds is 4. The summed E-state index contributed by atoms with van der Waals surface area (Å²) in [5.74, 6) is 0.0879. The molecule has 1 amide bonds. The van der Waals surface area contributed by atoms with E-state index in [1.54, 1.807) is 12.3 Å². The first-order valence-corrected chi connectivity index (χ1v) is 6.41. The SMILES string of the molecule is CC.CCCN(CC)C(=O)c1cccnc1C. The van der Waals surface area contributed by atoms with Crippen LogP contribution in [-0.4, -0.2) is 28.9 Å². The average molecular weight is 236 g/mol. The van der Waals surface area contributed by atoms with E-state index in [9.17, 15) is 4.79 Å². The number of carbonyl (C=O) groups is 1. The van der Waals surface area contributed by atoms with Crippen LogP contribution in [0, 0.1) is 6.92 Å². The first-order chi connectivity index (χ1) is 8.20. The third kappa shape index (κ3) is 4.55. The van der Waals surface area contributed by atoms with Gasteiger partial charge in [-0.2, -0.15) is 0 Å². The molecule has 0 radical (unpaired) electrons. The van der Waals surface area contributed by atoms with E-state index < -0.39 is 0 Å². The Hall–Kier alpha value is -1.38. The lowest BCUT2D eigenvalue weighted by molar-refractivity contribution is 0.0763. The van der Waals surface area contributed by atoms with Gasteiger partial charge in [0, 0.05) is 25.0 Å². The van der Waals surface area contributed by atoms with Crippen molar-refractivity contribution in [3.63, 3.8) is 0 Å². The third-order valence-electron chi connectivity index (χ3n) is 2.40. The van der Waals surface area contributed by atoms with Crippen molar-refractivity contribution in [2.75, 3.05) is 13.1 Å². The summed E-state index contributed by atoms with van der Waals surface area (Å²) in [7, 11) is 0. The van der Waals surface area contributed by atoms with Gasteiger partial charge < -0.3 is 4.90 Å². The smallest absolute Gasteiger partial charge is 0.255 e. The third-order valence-corrected chi connectivity index (χ3v) is 2.40. The normalized spacial score (nSPS) is 9.24. The lowest BCUT2D eigenvalue weighted by atomic mass is 10.2. The van der Waals surface area contributed by atoms with E-state index in [1.165, 1.54) is 0 Å². The number of aryl methyl sites for hydroxylation is 1. The molecule has 17 heavy (non-hydrogen) atoms. The van der Waals surface area contributed by atoms with Gasteiger partial charge in [-0.1, -0.05) is 20.8 Å². The highest BCUT2D eigenvalue weighted by atomic mass is 16.2. The number of pyridine rings is 1. The molecule has 0 aromatic carbocycles. The van der Waals surface area contributed by atoms with Crippen molar-refractivity contribution in [1.82, 2.24) is 9.88 Å². The van der Waals surface area contributed by atoms with E-state index in [4.69, 9.17) is 0 Å². The second-order valence-corrected chi connectivity index (χ2v) is 3.52. The zero-order chi connectivity index (χ0) is 13.3. The monoisotopic (exact) mass is 236 g/mol. The van der Waals surface area contributed by atoms with Crippen molar-refractivity contribution >= 4 is 5.91 Å². The zero-order valence-electron chi connectivity index (χ0n) is 11.7. The van der Waals surface area contributed by atoms with Gasteiger partial charge >= 0.3 is 0 Å². The fraction of sp³-hybridized carbons (Fsp3) is 0.571. The first-order valence-electron chi connectivity index (χ1n) is 6.41. The van der Waals surface area contributed by atoms with Crippen LogP contribution in [0.4, 0.5) is 0 Å². The van der Waals surface area contributed by atoms with Crippen LogP contribution in [0.15, 0.2) is 18.3 Å². The molecular formula is C14H24N2O. The molecule has 0 saturated heterocycles. The van der Waals surface area contributed by atoms with Crippen LogP contribution >= 0.6 is 0 Å². The van der Waals surface area contributed by atoms with Crippen molar-refractivity contribution in [2.24, 2.45) is 0 Å². The van der Waals surface area contributed by atoms with Gasteiger partial charge in [0.1, 0.15) is 0 Å². The summed E-state index contributed by atoms with van der Waals surface area (Å²) in [6, 6.07) is 3.64. The van der Waals surface area contributed by atoms with Crippen molar-refractivity contribution in [2.45, 2.75) is 41.0 Å². The summed E-state index contributed by atoms with van der Waals surface area (Å²) in [4.78, 5) is 18.1. The summed E-state index contributed by atoms with van der Waals surface area (Å²) in [6.07, 6.45) is 2.70. The van der Waals surface area contributed by atoms with Crippen LogP contribution in [0.25, 0.3) is 0 Å². The molecule has 0 N–H and O–H groups in total. The Morgan fingerprint density at radius 3 is 2.47 bits per heavy atom. The maximum absolute atomic E-state index is 12.1. The molecule has 0 aliphatic heterocycles. The fourth-order valence-corrected chi connectivity index (χ4v) is 1.55. The number of carbonyl (C=O) groups excluding carboxylic acids is 1. The molecular weight excluding hydrogens is 212 g/mol. The predicted molar refractivity (Wildman–Crippen MR) is 72.2 cm³/mol. The zero-order valence-corrected chi connectivity index (χ0v) is 11.7. The molecule has 0 aliphatic rings. The molecule has 1 rings (SSSR count). The van der Waals surface area contributed by atoms with Crippen LogP contribution < -0.4 is 0 Å². The van der Waals surface area contributed by atoms with Gasteiger partial charge in [0.05, 0.1) is 5.56 Å². The molecule has 1 heterocycles. The van der Waals surface area contributed by atoms with Gasteiger partial charge in [0.15, 0.2) is 0 Å². The fourth-order valence-electron chi connectivity index (χ4n) is 1.55. The van der Waals surface area contributed by atoms with E-state index in [-0.39, 0.29) is 5.91 Å². The van der Waals surface area contributed by atoms with Gasteiger partial charge in [-0.15, -0.1) is 0 Å². The molecule has 3 heteroatoms. The quantitative estimate of drug-likeness (QED) is 0.803. The van der Waals surface area contributed by atoms with E-state index in [0.717, 1.165) is 25.2 Å². The summed E-state index contributed by atoms with van der Waals surface area (Å²) >= 11 is 0. The molecule has 96 valence electrons. The maximum Gasteiger partial charge on any atom is 0.255 e. The van der Waals surface area contributed by atoms with Gasteiger partial charge in [0.2, 0.25) is 0 Å². The Morgan fingerprint density at radius 1 is 1.35 bits per heavy atom. The Kier molecular flexibility index (Phi) is 8.03. The van der Waals surface area contributed by atoms with Gasteiger partial charge in [-0.25, -0.2) is 0 Å². The minimum Gasteiger partial charge on any atom is -0.339 e. The van der Waals surface area contributed by atoms with E-state index in [0.29, 0.717) is 5.56 Å². The van der Waals surface area contributed by atoms with E-state index in [1.807, 2.05) is 38.7 Å². The first kappa shape index (κ1) is 15.6. The molecule has 0 saturated carbocycles. The van der Waals surface area contributed by atoms with Crippen LogP contribution in [0.1, 0.15) is 50.2 Å². The number of aromatic nitrogens is 1.